The van der Waals surface area contributed by atoms with Gasteiger partial charge in [0.1, 0.15) is 5.75 Å². The third-order valence-corrected chi connectivity index (χ3v) is 5.42. The molecule has 2 aromatic rings. The molecule has 5 nitrogen and oxygen atoms in total. The third-order valence-electron chi connectivity index (χ3n) is 3.35. The summed E-state index contributed by atoms with van der Waals surface area (Å²) in [7, 11) is -3.48. The topological polar surface area (TPSA) is 80.7 Å². The average Bonchev–Trinajstić information content (AvgIpc) is 2.55. The molecule has 0 aliphatic heterocycles. The van der Waals surface area contributed by atoms with Gasteiger partial charge in [-0.25, -0.2) is 13.2 Å². The zero-order chi connectivity index (χ0) is 17.6. The second kappa shape index (κ2) is 8.17. The fraction of sp³-hybridized carbons (Fsp3) is 0.235. The van der Waals surface area contributed by atoms with Gasteiger partial charge in [-0.05, 0) is 49.2 Å². The maximum absolute atomic E-state index is 12.2. The lowest BCUT2D eigenvalue weighted by atomic mass is 10.2. The first-order chi connectivity index (χ1) is 11.4. The molecule has 1 unspecified atom stereocenters. The lowest BCUT2D eigenvalue weighted by Crippen LogP contribution is -2.27. The number of hydrogen-bond acceptors (Lipinski definition) is 4. The fourth-order valence-corrected chi connectivity index (χ4v) is 3.57. The molecule has 2 aromatic carbocycles. The molecule has 0 saturated heterocycles. The number of rotatable bonds is 8. The number of carboxylic acid groups (broad SMARTS) is 1. The first-order valence-electron chi connectivity index (χ1n) is 7.31. The summed E-state index contributed by atoms with van der Waals surface area (Å²) in [5.41, 5.74) is 0. The highest BCUT2D eigenvalue weighted by molar-refractivity contribution is 7.91. The Morgan fingerprint density at radius 3 is 2.29 bits per heavy atom. The van der Waals surface area contributed by atoms with Crippen LogP contribution < -0.4 is 4.74 Å². The normalized spacial score (nSPS) is 12.5. The van der Waals surface area contributed by atoms with Gasteiger partial charge in [-0.15, -0.1) is 0 Å². The highest BCUT2D eigenvalue weighted by Gasteiger charge is 2.21. The van der Waals surface area contributed by atoms with E-state index >= 15 is 0 Å². The van der Waals surface area contributed by atoms with Gasteiger partial charge in [0.25, 0.3) is 0 Å². The van der Waals surface area contributed by atoms with E-state index in [1.54, 1.807) is 30.3 Å². The van der Waals surface area contributed by atoms with Crippen LogP contribution in [0.5, 0.6) is 5.75 Å². The second-order valence-electron chi connectivity index (χ2n) is 5.17. The Balaban J connectivity index is 1.95. The lowest BCUT2D eigenvalue weighted by molar-refractivity contribution is -0.145. The second-order valence-corrected chi connectivity index (χ2v) is 7.72. The summed E-state index contributed by atoms with van der Waals surface area (Å²) in [6.07, 6.45) is -0.820. The molecule has 1 atom stereocenters. The van der Waals surface area contributed by atoms with Gasteiger partial charge in [0.2, 0.25) is 0 Å². The zero-order valence-electron chi connectivity index (χ0n) is 12.8. The van der Waals surface area contributed by atoms with Crippen LogP contribution in [0.25, 0.3) is 0 Å². The van der Waals surface area contributed by atoms with E-state index in [-0.39, 0.29) is 23.5 Å². The van der Waals surface area contributed by atoms with E-state index in [4.69, 9.17) is 16.3 Å². The van der Waals surface area contributed by atoms with Crippen LogP contribution in [0.3, 0.4) is 0 Å². The number of carbonyl (C=O) groups is 1. The van der Waals surface area contributed by atoms with Gasteiger partial charge < -0.3 is 9.84 Å². The lowest BCUT2D eigenvalue weighted by Gasteiger charge is -2.15. The van der Waals surface area contributed by atoms with Crippen molar-refractivity contribution in [3.05, 3.63) is 59.6 Å². The molecule has 0 heterocycles. The Hall–Kier alpha value is -2.05. The molecule has 0 bridgehead atoms. The molecule has 24 heavy (non-hydrogen) atoms. The van der Waals surface area contributed by atoms with E-state index in [2.05, 4.69) is 0 Å². The van der Waals surface area contributed by atoms with E-state index in [1.807, 2.05) is 0 Å². The van der Waals surface area contributed by atoms with Gasteiger partial charge in [-0.1, -0.05) is 29.8 Å². The van der Waals surface area contributed by atoms with Crippen LogP contribution >= 0.6 is 11.6 Å². The van der Waals surface area contributed by atoms with Gasteiger partial charge in [0.05, 0.1) is 10.6 Å². The van der Waals surface area contributed by atoms with Crippen molar-refractivity contribution in [2.45, 2.75) is 23.8 Å². The SMILES string of the molecule is O=C(O)C(CCCS(=O)(=O)c1ccc(Cl)cc1)Oc1ccccc1. The molecular formula is C17H17ClO5S. The largest absolute Gasteiger partial charge is 0.479 e. The summed E-state index contributed by atoms with van der Waals surface area (Å²) >= 11 is 5.74. The number of aliphatic carboxylic acids is 1. The molecule has 0 saturated carbocycles. The van der Waals surface area contributed by atoms with E-state index in [0.717, 1.165) is 0 Å². The number of benzene rings is 2. The number of hydrogen-bond donors (Lipinski definition) is 1. The molecule has 128 valence electrons. The molecule has 1 N–H and O–H groups in total. The molecule has 0 aliphatic carbocycles. The van der Waals surface area contributed by atoms with Gasteiger partial charge >= 0.3 is 5.97 Å². The van der Waals surface area contributed by atoms with Crippen LogP contribution in [0.4, 0.5) is 0 Å². The van der Waals surface area contributed by atoms with Gasteiger partial charge in [-0.2, -0.15) is 0 Å². The van der Waals surface area contributed by atoms with Crippen LogP contribution in [-0.4, -0.2) is 31.4 Å². The predicted octanol–water partition coefficient (Wildman–Crippen LogP) is 3.43. The monoisotopic (exact) mass is 368 g/mol. The Bertz CT molecular complexity index is 772. The zero-order valence-corrected chi connectivity index (χ0v) is 14.3. The summed E-state index contributed by atoms with van der Waals surface area (Å²) in [4.78, 5) is 11.4. The molecule has 0 fully saturated rings. The summed E-state index contributed by atoms with van der Waals surface area (Å²) in [6, 6.07) is 14.5. The highest BCUT2D eigenvalue weighted by Crippen LogP contribution is 2.18. The van der Waals surface area contributed by atoms with Crippen molar-refractivity contribution in [3.8, 4) is 5.75 Å². The molecule has 0 aromatic heterocycles. The molecule has 0 amide bonds. The predicted molar refractivity (Wildman–Crippen MR) is 91.2 cm³/mol. The van der Waals surface area contributed by atoms with Gasteiger partial charge in [0.15, 0.2) is 15.9 Å². The number of halogens is 1. The van der Waals surface area contributed by atoms with Crippen LogP contribution in [-0.2, 0) is 14.6 Å². The Morgan fingerprint density at radius 2 is 1.71 bits per heavy atom. The van der Waals surface area contributed by atoms with Crippen LogP contribution in [0.1, 0.15) is 12.8 Å². The Morgan fingerprint density at radius 1 is 1.08 bits per heavy atom. The van der Waals surface area contributed by atoms with Crippen LogP contribution in [0.15, 0.2) is 59.5 Å². The third kappa shape index (κ3) is 5.25. The maximum atomic E-state index is 12.2. The fourth-order valence-electron chi connectivity index (χ4n) is 2.11. The van der Waals surface area contributed by atoms with Crippen molar-refractivity contribution in [1.29, 1.82) is 0 Å². The Kier molecular flexibility index (Phi) is 6.23. The summed E-state index contributed by atoms with van der Waals surface area (Å²) in [6.45, 7) is 0. The summed E-state index contributed by atoms with van der Waals surface area (Å²) in [5.74, 6) is -0.843. The quantitative estimate of drug-likeness (QED) is 0.772. The standard InChI is InChI=1S/C17H17ClO5S/c18-13-8-10-15(11-9-13)24(21,22)12-4-7-16(17(19)20)23-14-5-2-1-3-6-14/h1-3,5-6,8-11,16H,4,7,12H2,(H,19,20). The van der Waals surface area contributed by atoms with E-state index < -0.39 is 21.9 Å². The molecule has 0 spiro atoms. The highest BCUT2D eigenvalue weighted by atomic mass is 35.5. The summed E-state index contributed by atoms with van der Waals surface area (Å²) < 4.78 is 29.8. The maximum Gasteiger partial charge on any atom is 0.344 e. The first kappa shape index (κ1) is 18.3. The molecule has 2 rings (SSSR count). The minimum Gasteiger partial charge on any atom is -0.479 e. The number of sulfone groups is 1. The number of ether oxygens (including phenoxy) is 1. The number of carboxylic acids is 1. The van der Waals surface area contributed by atoms with Crippen molar-refractivity contribution in [2.24, 2.45) is 0 Å². The summed E-state index contributed by atoms with van der Waals surface area (Å²) in [5, 5.41) is 9.68. The Labute approximate surface area is 145 Å². The van der Waals surface area contributed by atoms with Crippen LogP contribution in [0, 0.1) is 0 Å². The minimum absolute atomic E-state index is 0.0943. The minimum atomic E-state index is -3.48. The van der Waals surface area contributed by atoms with Crippen molar-refractivity contribution in [3.63, 3.8) is 0 Å². The van der Waals surface area contributed by atoms with Crippen molar-refractivity contribution in [1.82, 2.24) is 0 Å². The van der Waals surface area contributed by atoms with E-state index in [1.165, 1.54) is 24.3 Å². The average molecular weight is 369 g/mol. The molecule has 0 aliphatic rings. The molecular weight excluding hydrogens is 352 g/mol. The van der Waals surface area contributed by atoms with Gasteiger partial charge in [0, 0.05) is 5.02 Å². The van der Waals surface area contributed by atoms with Crippen LogP contribution in [0.2, 0.25) is 5.02 Å². The first-order valence-corrected chi connectivity index (χ1v) is 9.34. The van der Waals surface area contributed by atoms with E-state index in [0.29, 0.717) is 10.8 Å². The van der Waals surface area contributed by atoms with Crippen molar-refractivity contribution < 1.29 is 23.1 Å². The molecule has 7 heteroatoms. The van der Waals surface area contributed by atoms with Crippen molar-refractivity contribution in [2.75, 3.05) is 5.75 Å². The van der Waals surface area contributed by atoms with Gasteiger partial charge in [-0.3, -0.25) is 0 Å². The number of para-hydroxylation sites is 1. The molecule has 0 radical (unpaired) electrons. The smallest absolute Gasteiger partial charge is 0.344 e. The van der Waals surface area contributed by atoms with E-state index in [9.17, 15) is 18.3 Å². The van der Waals surface area contributed by atoms with Crippen molar-refractivity contribution >= 4 is 27.4 Å².